The standard InChI is InChI=1S/C13H21N3O/c1-2-14-10-12-11-15-5-4-13(12)16-6-3-8-17-9-7-16/h4-5,11,14H,2-3,6-10H2,1H3. The van der Waals surface area contributed by atoms with Gasteiger partial charge in [-0.1, -0.05) is 6.92 Å². The lowest BCUT2D eigenvalue weighted by molar-refractivity contribution is 0.152. The minimum atomic E-state index is 0.822. The fourth-order valence-corrected chi connectivity index (χ4v) is 2.11. The highest BCUT2D eigenvalue weighted by molar-refractivity contribution is 5.52. The third-order valence-electron chi connectivity index (χ3n) is 3.01. The summed E-state index contributed by atoms with van der Waals surface area (Å²) in [6.45, 7) is 7.74. The van der Waals surface area contributed by atoms with Gasteiger partial charge in [0.15, 0.2) is 0 Å². The zero-order valence-electron chi connectivity index (χ0n) is 10.5. The van der Waals surface area contributed by atoms with Crippen LogP contribution in [0.3, 0.4) is 0 Å². The van der Waals surface area contributed by atoms with Gasteiger partial charge in [-0.15, -0.1) is 0 Å². The molecule has 4 heteroatoms. The molecule has 0 radical (unpaired) electrons. The number of aromatic nitrogens is 1. The molecule has 1 saturated heterocycles. The first kappa shape index (κ1) is 12.3. The van der Waals surface area contributed by atoms with Crippen molar-refractivity contribution >= 4 is 5.69 Å². The van der Waals surface area contributed by atoms with Crippen molar-refractivity contribution < 1.29 is 4.74 Å². The molecule has 0 amide bonds. The van der Waals surface area contributed by atoms with E-state index in [4.69, 9.17) is 4.74 Å². The molecule has 2 rings (SSSR count). The molecule has 0 unspecified atom stereocenters. The Bertz CT molecular complexity index is 335. The quantitative estimate of drug-likeness (QED) is 0.856. The van der Waals surface area contributed by atoms with Gasteiger partial charge in [0.2, 0.25) is 0 Å². The third kappa shape index (κ3) is 3.41. The Morgan fingerprint density at radius 2 is 2.35 bits per heavy atom. The second-order valence-corrected chi connectivity index (χ2v) is 4.24. The van der Waals surface area contributed by atoms with Gasteiger partial charge in [-0.3, -0.25) is 4.98 Å². The molecule has 1 aliphatic heterocycles. The van der Waals surface area contributed by atoms with Crippen LogP contribution < -0.4 is 10.2 Å². The lowest BCUT2D eigenvalue weighted by atomic mass is 10.2. The maximum absolute atomic E-state index is 5.49. The molecule has 1 fully saturated rings. The van der Waals surface area contributed by atoms with E-state index in [1.54, 1.807) is 0 Å². The summed E-state index contributed by atoms with van der Waals surface area (Å²) in [5.74, 6) is 0. The van der Waals surface area contributed by atoms with E-state index in [9.17, 15) is 0 Å². The minimum absolute atomic E-state index is 0.822. The third-order valence-corrected chi connectivity index (χ3v) is 3.01. The average molecular weight is 235 g/mol. The van der Waals surface area contributed by atoms with Crippen molar-refractivity contribution in [2.75, 3.05) is 37.7 Å². The molecule has 1 aliphatic rings. The molecular weight excluding hydrogens is 214 g/mol. The van der Waals surface area contributed by atoms with E-state index in [0.717, 1.165) is 45.8 Å². The first-order valence-electron chi connectivity index (χ1n) is 6.38. The van der Waals surface area contributed by atoms with E-state index in [2.05, 4.69) is 28.2 Å². The van der Waals surface area contributed by atoms with Gasteiger partial charge in [0.1, 0.15) is 0 Å². The molecule has 17 heavy (non-hydrogen) atoms. The smallest absolute Gasteiger partial charge is 0.0641 e. The Labute approximate surface area is 103 Å². The Kier molecular flexibility index (Phi) is 4.76. The summed E-state index contributed by atoms with van der Waals surface area (Å²) >= 11 is 0. The topological polar surface area (TPSA) is 37.4 Å². The Hall–Kier alpha value is -1.13. The van der Waals surface area contributed by atoms with E-state index >= 15 is 0 Å². The number of pyridine rings is 1. The van der Waals surface area contributed by atoms with E-state index < -0.39 is 0 Å². The highest BCUT2D eigenvalue weighted by Gasteiger charge is 2.13. The Morgan fingerprint density at radius 1 is 1.41 bits per heavy atom. The van der Waals surface area contributed by atoms with Crippen LogP contribution in [0, 0.1) is 0 Å². The van der Waals surface area contributed by atoms with Gasteiger partial charge in [0.25, 0.3) is 0 Å². The highest BCUT2D eigenvalue weighted by Crippen LogP contribution is 2.20. The molecule has 0 atom stereocenters. The number of nitrogens with zero attached hydrogens (tertiary/aromatic N) is 2. The molecular formula is C13H21N3O. The largest absolute Gasteiger partial charge is 0.380 e. The second-order valence-electron chi connectivity index (χ2n) is 4.24. The molecule has 94 valence electrons. The summed E-state index contributed by atoms with van der Waals surface area (Å²) in [7, 11) is 0. The Balaban J connectivity index is 2.11. The number of nitrogens with one attached hydrogen (secondary N) is 1. The van der Waals surface area contributed by atoms with Crippen molar-refractivity contribution in [3.05, 3.63) is 24.0 Å². The van der Waals surface area contributed by atoms with E-state index in [1.807, 2.05) is 12.4 Å². The first-order valence-corrected chi connectivity index (χ1v) is 6.38. The van der Waals surface area contributed by atoms with E-state index in [0.29, 0.717) is 0 Å². The summed E-state index contributed by atoms with van der Waals surface area (Å²) in [5, 5.41) is 3.36. The van der Waals surface area contributed by atoms with Gasteiger partial charge in [-0.05, 0) is 19.0 Å². The van der Waals surface area contributed by atoms with Crippen LogP contribution in [0.4, 0.5) is 5.69 Å². The molecule has 1 aromatic heterocycles. The SMILES string of the molecule is CCNCc1cnccc1N1CCCOCC1. The van der Waals surface area contributed by atoms with Crippen LogP contribution in [0.5, 0.6) is 0 Å². The van der Waals surface area contributed by atoms with Crippen LogP contribution in [0.15, 0.2) is 18.5 Å². The van der Waals surface area contributed by atoms with E-state index in [1.165, 1.54) is 11.3 Å². The van der Waals surface area contributed by atoms with Gasteiger partial charge in [-0.2, -0.15) is 0 Å². The maximum Gasteiger partial charge on any atom is 0.0641 e. The highest BCUT2D eigenvalue weighted by atomic mass is 16.5. The predicted molar refractivity (Wildman–Crippen MR) is 69.3 cm³/mol. The molecule has 0 aromatic carbocycles. The zero-order valence-corrected chi connectivity index (χ0v) is 10.5. The van der Waals surface area contributed by atoms with Crippen LogP contribution in [0.1, 0.15) is 18.9 Å². The second kappa shape index (κ2) is 6.57. The lowest BCUT2D eigenvalue weighted by Crippen LogP contribution is -2.28. The predicted octanol–water partition coefficient (Wildman–Crippen LogP) is 1.42. The van der Waals surface area contributed by atoms with Crippen molar-refractivity contribution in [3.63, 3.8) is 0 Å². The molecule has 0 saturated carbocycles. The molecule has 0 aliphatic carbocycles. The monoisotopic (exact) mass is 235 g/mol. The fraction of sp³-hybridized carbons (Fsp3) is 0.615. The maximum atomic E-state index is 5.49. The summed E-state index contributed by atoms with van der Waals surface area (Å²) in [6.07, 6.45) is 4.93. The van der Waals surface area contributed by atoms with Crippen molar-refractivity contribution in [2.24, 2.45) is 0 Å². The van der Waals surface area contributed by atoms with E-state index in [-0.39, 0.29) is 0 Å². The number of hydrogen-bond donors (Lipinski definition) is 1. The van der Waals surface area contributed by atoms with Crippen molar-refractivity contribution in [1.29, 1.82) is 0 Å². The number of rotatable bonds is 4. The normalized spacial score (nSPS) is 16.9. The summed E-state index contributed by atoms with van der Waals surface area (Å²) in [5.41, 5.74) is 2.57. The average Bonchev–Trinajstić information content (AvgIpc) is 2.65. The van der Waals surface area contributed by atoms with Crippen molar-refractivity contribution in [3.8, 4) is 0 Å². The lowest BCUT2D eigenvalue weighted by Gasteiger charge is -2.24. The van der Waals surface area contributed by atoms with Gasteiger partial charge in [0, 0.05) is 49.9 Å². The van der Waals surface area contributed by atoms with Crippen molar-refractivity contribution in [1.82, 2.24) is 10.3 Å². The number of anilines is 1. The molecule has 0 spiro atoms. The molecule has 1 N–H and O–H groups in total. The fourth-order valence-electron chi connectivity index (χ4n) is 2.11. The van der Waals surface area contributed by atoms with Gasteiger partial charge in [-0.25, -0.2) is 0 Å². The molecule has 4 nitrogen and oxygen atoms in total. The van der Waals surface area contributed by atoms with Gasteiger partial charge in [0.05, 0.1) is 6.61 Å². The summed E-state index contributed by atoms with van der Waals surface area (Å²) in [4.78, 5) is 6.62. The minimum Gasteiger partial charge on any atom is -0.380 e. The first-order chi connectivity index (χ1) is 8.42. The van der Waals surface area contributed by atoms with Crippen LogP contribution in [-0.2, 0) is 11.3 Å². The number of ether oxygens (including phenoxy) is 1. The molecule has 2 heterocycles. The van der Waals surface area contributed by atoms with Crippen LogP contribution >= 0.6 is 0 Å². The zero-order chi connectivity index (χ0) is 11.9. The van der Waals surface area contributed by atoms with Crippen LogP contribution in [-0.4, -0.2) is 37.8 Å². The molecule has 0 bridgehead atoms. The number of hydrogen-bond acceptors (Lipinski definition) is 4. The van der Waals surface area contributed by atoms with Crippen molar-refractivity contribution in [2.45, 2.75) is 19.9 Å². The van der Waals surface area contributed by atoms with Crippen LogP contribution in [0.25, 0.3) is 0 Å². The van der Waals surface area contributed by atoms with Crippen LogP contribution in [0.2, 0.25) is 0 Å². The summed E-state index contributed by atoms with van der Waals surface area (Å²) in [6, 6.07) is 2.11. The molecule has 1 aromatic rings. The summed E-state index contributed by atoms with van der Waals surface area (Å²) < 4.78 is 5.49. The Morgan fingerprint density at radius 3 is 3.24 bits per heavy atom. The van der Waals surface area contributed by atoms with Gasteiger partial charge < -0.3 is 15.0 Å². The van der Waals surface area contributed by atoms with Gasteiger partial charge >= 0.3 is 0 Å².